The molecule has 1 atom stereocenters. The lowest BCUT2D eigenvalue weighted by Gasteiger charge is -2.26. The standard InChI is InChI=1S/C26H30N6O3S/c1-31-23-8-4-3-7-22(23)25-19(17-24(31)33)18-27-26(30-25)29-20-9-11-21(12-10-20)36(34)35-28-13-16-32-14-5-2-6-15-32/h3-4,7-12,18,28H,2,5-6,13-17H2,1H3,(H,27,29,30). The van der Waals surface area contributed by atoms with Gasteiger partial charge in [0, 0.05) is 43.1 Å². The Morgan fingerprint density at radius 2 is 1.83 bits per heavy atom. The molecule has 2 N–H and O–H groups in total. The first-order valence-electron chi connectivity index (χ1n) is 12.2. The summed E-state index contributed by atoms with van der Waals surface area (Å²) in [7, 11) is 1.78. The summed E-state index contributed by atoms with van der Waals surface area (Å²) in [4.78, 5) is 26.3. The monoisotopic (exact) mass is 506 g/mol. The smallest absolute Gasteiger partial charge is 0.231 e. The van der Waals surface area contributed by atoms with Crippen LogP contribution in [-0.4, -0.2) is 58.2 Å². The van der Waals surface area contributed by atoms with Crippen molar-refractivity contribution in [3.63, 3.8) is 0 Å². The van der Waals surface area contributed by atoms with Crippen LogP contribution in [0.5, 0.6) is 0 Å². The van der Waals surface area contributed by atoms with Crippen LogP contribution in [0.2, 0.25) is 0 Å². The molecule has 188 valence electrons. The molecule has 5 rings (SSSR count). The fraction of sp³-hybridized carbons (Fsp3) is 0.346. The number of likely N-dealkylation sites (tertiary alicyclic amines) is 1. The van der Waals surface area contributed by atoms with E-state index in [1.165, 1.54) is 19.3 Å². The summed E-state index contributed by atoms with van der Waals surface area (Å²) in [5, 5.41) is 3.20. The Labute approximate surface area is 213 Å². The molecule has 2 aliphatic rings. The fourth-order valence-corrected chi connectivity index (χ4v) is 5.17. The number of fused-ring (bicyclic) bond motifs is 3. The highest BCUT2D eigenvalue weighted by Gasteiger charge is 2.24. The molecule has 1 aromatic heterocycles. The quantitative estimate of drug-likeness (QED) is 0.354. The number of amides is 1. The molecular weight excluding hydrogens is 476 g/mol. The first-order chi connectivity index (χ1) is 17.6. The van der Waals surface area contributed by atoms with Gasteiger partial charge in [0.05, 0.1) is 22.7 Å². The van der Waals surface area contributed by atoms with Crippen LogP contribution >= 0.6 is 0 Å². The lowest BCUT2D eigenvalue weighted by atomic mass is 10.1. The number of nitrogens with zero attached hydrogens (tertiary/aromatic N) is 4. The van der Waals surface area contributed by atoms with E-state index in [2.05, 4.69) is 20.7 Å². The average Bonchev–Trinajstić information content (AvgIpc) is 3.02. The second kappa shape index (κ2) is 11.3. The molecule has 10 heteroatoms. The number of hydroxylamine groups is 1. The number of piperidine rings is 1. The summed E-state index contributed by atoms with van der Waals surface area (Å²) in [6.45, 7) is 3.75. The zero-order valence-electron chi connectivity index (χ0n) is 20.3. The van der Waals surface area contributed by atoms with Gasteiger partial charge in [0.25, 0.3) is 0 Å². The van der Waals surface area contributed by atoms with Crippen molar-refractivity contribution in [1.82, 2.24) is 20.3 Å². The number of anilines is 3. The molecule has 36 heavy (non-hydrogen) atoms. The summed E-state index contributed by atoms with van der Waals surface area (Å²) in [5.74, 6) is 0.419. The van der Waals surface area contributed by atoms with Gasteiger partial charge in [-0.15, -0.1) is 0 Å². The number of hydrogen-bond donors (Lipinski definition) is 2. The van der Waals surface area contributed by atoms with Gasteiger partial charge in [0.2, 0.25) is 22.9 Å². The van der Waals surface area contributed by atoms with Crippen LogP contribution in [-0.2, 0) is 26.6 Å². The Hall–Kier alpha value is -3.18. The minimum atomic E-state index is -1.61. The highest BCUT2D eigenvalue weighted by molar-refractivity contribution is 7.80. The van der Waals surface area contributed by atoms with E-state index in [9.17, 15) is 9.00 Å². The lowest BCUT2D eigenvalue weighted by Crippen LogP contribution is -2.36. The third kappa shape index (κ3) is 5.62. The first kappa shape index (κ1) is 24.5. The van der Waals surface area contributed by atoms with Crippen LogP contribution in [0.25, 0.3) is 11.3 Å². The van der Waals surface area contributed by atoms with Crippen molar-refractivity contribution in [2.75, 3.05) is 43.4 Å². The van der Waals surface area contributed by atoms with Gasteiger partial charge in [-0.05, 0) is 56.3 Å². The lowest BCUT2D eigenvalue weighted by molar-refractivity contribution is -0.117. The number of para-hydroxylation sites is 1. The third-order valence-corrected chi connectivity index (χ3v) is 7.44. The predicted octanol–water partition coefficient (Wildman–Crippen LogP) is 3.44. The number of likely N-dealkylation sites (N-methyl/N-ethyl adjacent to an activating group) is 1. The zero-order valence-corrected chi connectivity index (χ0v) is 21.1. The van der Waals surface area contributed by atoms with Gasteiger partial charge in [-0.25, -0.2) is 14.2 Å². The Bertz CT molecular complexity index is 1250. The minimum absolute atomic E-state index is 0.00250. The van der Waals surface area contributed by atoms with Crippen LogP contribution in [0.4, 0.5) is 17.3 Å². The molecule has 0 saturated carbocycles. The Kier molecular flexibility index (Phi) is 7.66. The van der Waals surface area contributed by atoms with Gasteiger partial charge in [0.1, 0.15) is 0 Å². The van der Waals surface area contributed by atoms with Crippen LogP contribution in [0.15, 0.2) is 59.6 Å². The molecule has 1 unspecified atom stereocenters. The van der Waals surface area contributed by atoms with E-state index in [1.807, 2.05) is 36.4 Å². The van der Waals surface area contributed by atoms with Crippen LogP contribution in [0, 0.1) is 0 Å². The summed E-state index contributed by atoms with van der Waals surface area (Å²) in [6.07, 6.45) is 5.74. The molecule has 0 radical (unpaired) electrons. The summed E-state index contributed by atoms with van der Waals surface area (Å²) >= 11 is -1.61. The van der Waals surface area contributed by atoms with E-state index in [4.69, 9.17) is 9.27 Å². The van der Waals surface area contributed by atoms with Crippen molar-refractivity contribution in [3.05, 3.63) is 60.3 Å². The average molecular weight is 507 g/mol. The fourth-order valence-electron chi connectivity index (χ4n) is 4.52. The van der Waals surface area contributed by atoms with Crippen molar-refractivity contribution in [2.45, 2.75) is 30.6 Å². The maximum atomic E-state index is 12.6. The number of hydrogen-bond acceptors (Lipinski definition) is 8. The summed E-state index contributed by atoms with van der Waals surface area (Å²) in [6, 6.07) is 14.8. The number of aromatic nitrogens is 2. The number of benzene rings is 2. The number of carbonyl (C=O) groups is 1. The van der Waals surface area contributed by atoms with Crippen molar-refractivity contribution in [2.24, 2.45) is 0 Å². The number of nitrogens with one attached hydrogen (secondary N) is 2. The molecule has 0 aliphatic carbocycles. The summed E-state index contributed by atoms with van der Waals surface area (Å²) < 4.78 is 17.8. The SMILES string of the molecule is CN1C(=O)Cc2cnc(Nc3ccc(S(=O)ONCCN4CCCCC4)cc3)nc2-c2ccccc21. The molecule has 9 nitrogen and oxygen atoms in total. The van der Waals surface area contributed by atoms with Crippen molar-refractivity contribution < 1.29 is 13.3 Å². The molecule has 0 spiro atoms. The van der Waals surface area contributed by atoms with Crippen LogP contribution < -0.4 is 15.7 Å². The van der Waals surface area contributed by atoms with E-state index < -0.39 is 11.1 Å². The molecular formula is C26H30N6O3S. The molecule has 1 amide bonds. The highest BCUT2D eigenvalue weighted by atomic mass is 32.2. The third-order valence-electron chi connectivity index (χ3n) is 6.52. The number of rotatable bonds is 8. The van der Waals surface area contributed by atoms with Gasteiger partial charge in [-0.2, -0.15) is 9.76 Å². The second-order valence-corrected chi connectivity index (χ2v) is 10.1. The van der Waals surface area contributed by atoms with E-state index in [0.29, 0.717) is 17.4 Å². The number of carbonyl (C=O) groups excluding carboxylic acids is 1. The molecule has 1 saturated heterocycles. The normalized spacial score (nSPS) is 16.7. The van der Waals surface area contributed by atoms with Crippen LogP contribution in [0.1, 0.15) is 24.8 Å². The topological polar surface area (TPSA) is 99.7 Å². The summed E-state index contributed by atoms with van der Waals surface area (Å²) in [5.41, 5.74) is 6.82. The molecule has 3 heterocycles. The van der Waals surface area contributed by atoms with Crippen molar-refractivity contribution >= 4 is 34.3 Å². The van der Waals surface area contributed by atoms with Gasteiger partial charge < -0.3 is 15.1 Å². The predicted molar refractivity (Wildman–Crippen MR) is 140 cm³/mol. The second-order valence-electron chi connectivity index (χ2n) is 8.98. The minimum Gasteiger partial charge on any atom is -0.324 e. The van der Waals surface area contributed by atoms with Crippen molar-refractivity contribution in [1.29, 1.82) is 0 Å². The highest BCUT2D eigenvalue weighted by Crippen LogP contribution is 2.35. The molecule has 0 bridgehead atoms. The Balaban J connectivity index is 1.21. The Morgan fingerprint density at radius 1 is 1.06 bits per heavy atom. The van der Waals surface area contributed by atoms with Gasteiger partial charge in [-0.1, -0.05) is 24.6 Å². The van der Waals surface area contributed by atoms with Crippen LogP contribution in [0.3, 0.4) is 0 Å². The molecule has 2 aliphatic heterocycles. The Morgan fingerprint density at radius 3 is 2.64 bits per heavy atom. The molecule has 3 aromatic rings. The maximum absolute atomic E-state index is 12.6. The van der Waals surface area contributed by atoms with E-state index in [-0.39, 0.29) is 12.3 Å². The van der Waals surface area contributed by atoms with E-state index >= 15 is 0 Å². The zero-order chi connectivity index (χ0) is 24.9. The molecule has 2 aromatic carbocycles. The largest absolute Gasteiger partial charge is 0.324 e. The first-order valence-corrected chi connectivity index (χ1v) is 13.3. The van der Waals surface area contributed by atoms with Crippen molar-refractivity contribution in [3.8, 4) is 11.3 Å². The van der Waals surface area contributed by atoms with Gasteiger partial charge in [-0.3, -0.25) is 4.79 Å². The van der Waals surface area contributed by atoms with E-state index in [1.54, 1.807) is 30.3 Å². The maximum Gasteiger partial charge on any atom is 0.231 e. The van der Waals surface area contributed by atoms with Gasteiger partial charge in [0.15, 0.2) is 0 Å². The van der Waals surface area contributed by atoms with E-state index in [0.717, 1.165) is 47.8 Å². The van der Waals surface area contributed by atoms with Gasteiger partial charge >= 0.3 is 0 Å². The molecule has 1 fully saturated rings.